The number of nitrogens with zero attached hydrogens (tertiary/aromatic N) is 4. The third-order valence-corrected chi connectivity index (χ3v) is 4.85. The molecule has 1 aromatic carbocycles. The maximum atomic E-state index is 12.2. The van der Waals surface area contributed by atoms with Crippen LogP contribution in [0.4, 0.5) is 0 Å². The minimum atomic E-state index is -0.887. The van der Waals surface area contributed by atoms with Crippen LogP contribution in [0.5, 0.6) is 0 Å². The second-order valence-corrected chi connectivity index (χ2v) is 7.20. The number of halogens is 1. The van der Waals surface area contributed by atoms with E-state index < -0.39 is 10.8 Å². The molecule has 0 radical (unpaired) electrons. The molecule has 2 aromatic rings. The summed E-state index contributed by atoms with van der Waals surface area (Å²) in [4.78, 5) is 6.30. The van der Waals surface area contributed by atoms with E-state index in [1.165, 1.54) is 0 Å². The number of nitrogens with one attached hydrogen (secondary N) is 1. The van der Waals surface area contributed by atoms with Gasteiger partial charge in [-0.1, -0.05) is 30.3 Å². The van der Waals surface area contributed by atoms with Crippen molar-refractivity contribution in [3.63, 3.8) is 0 Å². The Hall–Kier alpha value is -1.42. The minimum Gasteiger partial charge on any atom is -0.355 e. The van der Waals surface area contributed by atoms with Crippen molar-refractivity contribution < 1.29 is 4.21 Å². The van der Waals surface area contributed by atoms with Gasteiger partial charge in [-0.05, 0) is 5.56 Å². The third kappa shape index (κ3) is 7.55. The van der Waals surface area contributed by atoms with Crippen LogP contribution >= 0.6 is 24.0 Å². The molecular weight excluding hydrogens is 449 g/mol. The van der Waals surface area contributed by atoms with Crippen molar-refractivity contribution >= 4 is 40.7 Å². The van der Waals surface area contributed by atoms with E-state index in [9.17, 15) is 4.21 Å². The smallest absolute Gasteiger partial charge is 0.193 e. The molecule has 6 nitrogen and oxygen atoms in total. The Morgan fingerprint density at radius 1 is 1.32 bits per heavy atom. The highest BCUT2D eigenvalue weighted by Crippen LogP contribution is 2.03. The first-order chi connectivity index (χ1) is 11.6. The molecule has 1 heterocycles. The lowest BCUT2D eigenvalue weighted by atomic mass is 10.2. The van der Waals surface area contributed by atoms with E-state index in [4.69, 9.17) is 0 Å². The van der Waals surface area contributed by atoms with Crippen LogP contribution in [0.3, 0.4) is 0 Å². The maximum Gasteiger partial charge on any atom is 0.193 e. The van der Waals surface area contributed by atoms with E-state index >= 15 is 0 Å². The second kappa shape index (κ2) is 11.2. The van der Waals surface area contributed by atoms with Gasteiger partial charge in [0.1, 0.15) is 0 Å². The van der Waals surface area contributed by atoms with Crippen LogP contribution in [0.25, 0.3) is 0 Å². The predicted molar refractivity (Wildman–Crippen MR) is 115 cm³/mol. The molecule has 138 valence electrons. The Bertz CT molecular complexity index is 689. The van der Waals surface area contributed by atoms with Gasteiger partial charge in [0.2, 0.25) is 0 Å². The van der Waals surface area contributed by atoms with Crippen LogP contribution in [0, 0.1) is 0 Å². The molecule has 0 aliphatic rings. The normalized spacial score (nSPS) is 12.4. The Kier molecular flexibility index (Phi) is 9.73. The van der Waals surface area contributed by atoms with Crippen LogP contribution in [0.1, 0.15) is 11.1 Å². The predicted octanol–water partition coefficient (Wildman–Crippen LogP) is 1.99. The van der Waals surface area contributed by atoms with Crippen LogP contribution in [-0.4, -0.2) is 51.2 Å². The SMILES string of the molecule is CN=C(NCCS(=O)Cc1ccccc1)N(C)Cc1cnn(C)c1.I. The molecule has 0 bridgehead atoms. The van der Waals surface area contributed by atoms with E-state index in [1.54, 1.807) is 11.7 Å². The van der Waals surface area contributed by atoms with Crippen molar-refractivity contribution in [3.8, 4) is 0 Å². The summed E-state index contributed by atoms with van der Waals surface area (Å²) in [5.74, 6) is 1.97. The number of hydrogen-bond donors (Lipinski definition) is 1. The van der Waals surface area contributed by atoms with Gasteiger partial charge in [0.25, 0.3) is 0 Å². The first-order valence-electron chi connectivity index (χ1n) is 7.86. The second-order valence-electron chi connectivity index (χ2n) is 5.63. The minimum absolute atomic E-state index is 0. The lowest BCUT2D eigenvalue weighted by Gasteiger charge is -2.21. The lowest BCUT2D eigenvalue weighted by Crippen LogP contribution is -2.40. The molecule has 25 heavy (non-hydrogen) atoms. The number of rotatable bonds is 7. The topological polar surface area (TPSA) is 62.5 Å². The highest BCUT2D eigenvalue weighted by molar-refractivity contribution is 14.0. The van der Waals surface area contributed by atoms with Gasteiger partial charge in [-0.3, -0.25) is 13.9 Å². The van der Waals surface area contributed by atoms with Crippen LogP contribution in [0.15, 0.2) is 47.7 Å². The van der Waals surface area contributed by atoms with Gasteiger partial charge in [-0.2, -0.15) is 5.10 Å². The Labute approximate surface area is 169 Å². The van der Waals surface area contributed by atoms with Gasteiger partial charge in [-0.25, -0.2) is 0 Å². The molecule has 0 amide bonds. The fourth-order valence-corrected chi connectivity index (χ4v) is 3.43. The average molecular weight is 475 g/mol. The molecule has 0 aliphatic carbocycles. The van der Waals surface area contributed by atoms with Gasteiger partial charge in [0, 0.05) is 68.3 Å². The molecule has 0 saturated carbocycles. The maximum absolute atomic E-state index is 12.2. The zero-order valence-electron chi connectivity index (χ0n) is 14.9. The first kappa shape index (κ1) is 21.6. The van der Waals surface area contributed by atoms with E-state index in [2.05, 4.69) is 15.4 Å². The van der Waals surface area contributed by atoms with Gasteiger partial charge >= 0.3 is 0 Å². The first-order valence-corrected chi connectivity index (χ1v) is 9.35. The van der Waals surface area contributed by atoms with Crippen LogP contribution in [0.2, 0.25) is 0 Å². The van der Waals surface area contributed by atoms with Crippen molar-refractivity contribution in [2.75, 3.05) is 26.4 Å². The van der Waals surface area contributed by atoms with Crippen molar-refractivity contribution in [2.45, 2.75) is 12.3 Å². The monoisotopic (exact) mass is 475 g/mol. The summed E-state index contributed by atoms with van der Waals surface area (Å²) in [7, 11) is 4.74. The summed E-state index contributed by atoms with van der Waals surface area (Å²) in [6.07, 6.45) is 3.83. The Morgan fingerprint density at radius 2 is 2.04 bits per heavy atom. The summed E-state index contributed by atoms with van der Waals surface area (Å²) in [5, 5.41) is 7.44. The zero-order valence-corrected chi connectivity index (χ0v) is 18.0. The standard InChI is InChI=1S/C17H25N5OS.HI/c1-18-17(21(2)12-16-11-20-22(3)13-16)19-9-10-24(23)14-15-7-5-4-6-8-15;/h4-8,11,13H,9-10,12,14H2,1-3H3,(H,18,19);1H. The van der Waals surface area contributed by atoms with Gasteiger partial charge in [0.15, 0.2) is 5.96 Å². The summed E-state index contributed by atoms with van der Waals surface area (Å²) < 4.78 is 13.9. The van der Waals surface area contributed by atoms with Gasteiger partial charge in [-0.15, -0.1) is 24.0 Å². The largest absolute Gasteiger partial charge is 0.355 e. The highest BCUT2D eigenvalue weighted by atomic mass is 127. The summed E-state index contributed by atoms with van der Waals surface area (Å²) in [6.45, 7) is 1.35. The lowest BCUT2D eigenvalue weighted by molar-refractivity contribution is 0.479. The number of benzene rings is 1. The van der Waals surface area contributed by atoms with Gasteiger partial charge < -0.3 is 10.2 Å². The van der Waals surface area contributed by atoms with Crippen molar-refractivity contribution in [3.05, 3.63) is 53.9 Å². The number of aryl methyl sites for hydroxylation is 1. The summed E-state index contributed by atoms with van der Waals surface area (Å²) >= 11 is 0. The molecule has 1 atom stereocenters. The van der Waals surface area contributed by atoms with E-state index in [-0.39, 0.29) is 24.0 Å². The summed E-state index contributed by atoms with van der Waals surface area (Å²) in [5.41, 5.74) is 2.23. The number of aromatic nitrogens is 2. The van der Waals surface area contributed by atoms with Gasteiger partial charge in [0.05, 0.1) is 6.20 Å². The molecule has 0 fully saturated rings. The quantitative estimate of drug-likeness (QED) is 0.378. The fraction of sp³-hybridized carbons (Fsp3) is 0.412. The Morgan fingerprint density at radius 3 is 2.64 bits per heavy atom. The molecule has 8 heteroatoms. The van der Waals surface area contributed by atoms with E-state index in [0.717, 1.165) is 23.6 Å². The third-order valence-electron chi connectivity index (χ3n) is 3.53. The molecule has 1 unspecified atom stereocenters. The molecule has 0 spiro atoms. The zero-order chi connectivity index (χ0) is 17.4. The van der Waals surface area contributed by atoms with E-state index in [0.29, 0.717) is 18.1 Å². The Balaban J connectivity index is 0.00000312. The van der Waals surface area contributed by atoms with Crippen molar-refractivity contribution in [1.29, 1.82) is 0 Å². The number of aliphatic imine (C=N–C) groups is 1. The van der Waals surface area contributed by atoms with Crippen LogP contribution < -0.4 is 5.32 Å². The molecule has 1 aromatic heterocycles. The fourth-order valence-electron chi connectivity index (χ4n) is 2.40. The molecular formula is C17H26IN5OS. The molecule has 2 rings (SSSR count). The van der Waals surface area contributed by atoms with E-state index in [1.807, 2.05) is 61.7 Å². The molecule has 0 aliphatic heterocycles. The summed E-state index contributed by atoms with van der Waals surface area (Å²) in [6, 6.07) is 9.92. The molecule has 0 saturated heterocycles. The van der Waals surface area contributed by atoms with Crippen LogP contribution in [-0.2, 0) is 30.1 Å². The molecule has 1 N–H and O–H groups in total. The van der Waals surface area contributed by atoms with Crippen molar-refractivity contribution in [2.24, 2.45) is 12.0 Å². The van der Waals surface area contributed by atoms with Crippen molar-refractivity contribution in [1.82, 2.24) is 20.0 Å². The number of guanidine groups is 1. The average Bonchev–Trinajstić information content (AvgIpc) is 2.97. The number of hydrogen-bond acceptors (Lipinski definition) is 3. The highest BCUT2D eigenvalue weighted by Gasteiger charge is 2.08.